The molecular weight excluding hydrogens is 433 g/mol. The third-order valence-electron chi connectivity index (χ3n) is 5.39. The van der Waals surface area contributed by atoms with E-state index in [-0.39, 0.29) is 17.0 Å². The van der Waals surface area contributed by atoms with Gasteiger partial charge in [-0.1, -0.05) is 12.1 Å². The van der Waals surface area contributed by atoms with Gasteiger partial charge in [0.05, 0.1) is 23.0 Å². The number of hydrogen-bond acceptors (Lipinski definition) is 4. The van der Waals surface area contributed by atoms with Crippen LogP contribution >= 0.6 is 0 Å². The van der Waals surface area contributed by atoms with Crippen LogP contribution in [-0.2, 0) is 0 Å². The third-order valence-corrected chi connectivity index (χ3v) is 5.39. The Kier molecular flexibility index (Phi) is 6.58. The van der Waals surface area contributed by atoms with Gasteiger partial charge in [0.1, 0.15) is 23.3 Å². The van der Waals surface area contributed by atoms with E-state index in [1.165, 1.54) is 18.3 Å². The lowest BCUT2D eigenvalue weighted by Crippen LogP contribution is -2.35. The molecule has 1 N–H and O–H groups in total. The van der Waals surface area contributed by atoms with Crippen LogP contribution in [0.5, 0.6) is 0 Å². The normalized spacial score (nSPS) is 14.0. The van der Waals surface area contributed by atoms with Gasteiger partial charge in [0.15, 0.2) is 0 Å². The predicted octanol–water partition coefficient (Wildman–Crippen LogP) is 4.10. The first-order valence-corrected chi connectivity index (χ1v) is 10.4. The van der Waals surface area contributed by atoms with E-state index in [0.717, 1.165) is 12.1 Å². The number of rotatable bonds is 4. The van der Waals surface area contributed by atoms with E-state index >= 15 is 0 Å². The summed E-state index contributed by atoms with van der Waals surface area (Å²) in [7, 11) is 0. The van der Waals surface area contributed by atoms with Crippen LogP contribution in [0.2, 0.25) is 0 Å². The van der Waals surface area contributed by atoms with Crippen molar-refractivity contribution in [3.05, 3.63) is 89.4 Å². The maximum atomic E-state index is 14.0. The number of carbonyl (C=O) groups excluding carboxylic acids is 2. The summed E-state index contributed by atoms with van der Waals surface area (Å²) in [4.78, 5) is 32.9. The molecule has 1 saturated heterocycles. The van der Waals surface area contributed by atoms with Gasteiger partial charge in [0.2, 0.25) is 0 Å². The molecule has 1 aliphatic heterocycles. The van der Waals surface area contributed by atoms with Crippen LogP contribution in [0.1, 0.15) is 27.1 Å². The van der Waals surface area contributed by atoms with Crippen LogP contribution in [0, 0.1) is 17.5 Å². The van der Waals surface area contributed by atoms with Gasteiger partial charge in [-0.05, 0) is 42.8 Å². The molecule has 3 aromatic rings. The second kappa shape index (κ2) is 9.72. The van der Waals surface area contributed by atoms with E-state index in [1.54, 1.807) is 29.2 Å². The largest absolute Gasteiger partial charge is 0.355 e. The first kappa shape index (κ1) is 22.3. The number of benzene rings is 2. The minimum absolute atomic E-state index is 0.0572. The number of amides is 2. The lowest BCUT2D eigenvalue weighted by Gasteiger charge is -2.23. The molecule has 2 amide bonds. The molecule has 0 bridgehead atoms. The summed E-state index contributed by atoms with van der Waals surface area (Å²) in [5, 5.41) is 2.54. The highest BCUT2D eigenvalue weighted by molar-refractivity contribution is 6.04. The Bertz CT molecular complexity index is 1170. The number of nitrogens with zero attached hydrogens (tertiary/aromatic N) is 3. The average Bonchev–Trinajstić information content (AvgIpc) is 3.06. The quantitative estimate of drug-likeness (QED) is 0.645. The van der Waals surface area contributed by atoms with Crippen molar-refractivity contribution in [1.29, 1.82) is 0 Å². The number of hydrogen-bond donors (Lipinski definition) is 1. The molecule has 0 spiro atoms. The zero-order chi connectivity index (χ0) is 23.4. The fourth-order valence-corrected chi connectivity index (χ4v) is 3.67. The fourth-order valence-electron chi connectivity index (χ4n) is 3.67. The molecule has 0 aliphatic carbocycles. The van der Waals surface area contributed by atoms with Gasteiger partial charge in [-0.2, -0.15) is 0 Å². The number of aromatic nitrogens is 1. The van der Waals surface area contributed by atoms with Crippen LogP contribution < -0.4 is 10.2 Å². The first-order valence-electron chi connectivity index (χ1n) is 10.4. The van der Waals surface area contributed by atoms with E-state index in [1.807, 2.05) is 4.90 Å². The van der Waals surface area contributed by atoms with Gasteiger partial charge in [0, 0.05) is 32.2 Å². The maximum absolute atomic E-state index is 14.0. The Morgan fingerprint density at radius 2 is 1.67 bits per heavy atom. The number of halogens is 3. The molecule has 2 aromatic carbocycles. The molecule has 6 nitrogen and oxygen atoms in total. The molecule has 1 fully saturated rings. The Morgan fingerprint density at radius 3 is 2.39 bits per heavy atom. The minimum Gasteiger partial charge on any atom is -0.355 e. The molecule has 9 heteroatoms. The van der Waals surface area contributed by atoms with Gasteiger partial charge >= 0.3 is 0 Å². The molecule has 0 unspecified atom stereocenters. The summed E-state index contributed by atoms with van der Waals surface area (Å²) in [6.45, 7) is 2.08. The van der Waals surface area contributed by atoms with Crippen molar-refractivity contribution in [2.45, 2.75) is 6.42 Å². The highest BCUT2D eigenvalue weighted by atomic mass is 19.1. The van der Waals surface area contributed by atoms with Crippen LogP contribution in [0.25, 0.3) is 0 Å². The minimum atomic E-state index is -0.948. The number of pyridine rings is 1. The maximum Gasteiger partial charge on any atom is 0.258 e. The summed E-state index contributed by atoms with van der Waals surface area (Å²) in [6.07, 6.45) is 2.13. The summed E-state index contributed by atoms with van der Waals surface area (Å²) < 4.78 is 40.8. The fraction of sp³-hybridized carbons (Fsp3) is 0.208. The summed E-state index contributed by atoms with van der Waals surface area (Å²) >= 11 is 0. The summed E-state index contributed by atoms with van der Waals surface area (Å²) in [5.41, 5.74) is 0.146. The standard InChI is InChI=1S/C24H21F3N4O2/c25-16-6-8-18(21(27)14-16)23(32)29-17-7-9-22(28-15-17)30-10-3-11-31(13-12-30)24(33)19-4-1-2-5-20(19)26/h1-2,4-9,14-15H,3,10-13H2,(H,29,32). The second-order valence-corrected chi connectivity index (χ2v) is 7.60. The predicted molar refractivity (Wildman–Crippen MR) is 118 cm³/mol. The van der Waals surface area contributed by atoms with Crippen LogP contribution in [0.4, 0.5) is 24.7 Å². The molecular formula is C24H21F3N4O2. The molecule has 0 radical (unpaired) electrons. The van der Waals surface area contributed by atoms with Crippen molar-refractivity contribution >= 4 is 23.3 Å². The number of anilines is 2. The van der Waals surface area contributed by atoms with Crippen molar-refractivity contribution < 1.29 is 22.8 Å². The molecule has 170 valence electrons. The zero-order valence-electron chi connectivity index (χ0n) is 17.6. The lowest BCUT2D eigenvalue weighted by molar-refractivity contribution is 0.0762. The molecule has 2 heterocycles. The highest BCUT2D eigenvalue weighted by Gasteiger charge is 2.23. The third kappa shape index (κ3) is 5.14. The monoisotopic (exact) mass is 454 g/mol. The molecule has 33 heavy (non-hydrogen) atoms. The molecule has 0 saturated carbocycles. The molecule has 0 atom stereocenters. The van der Waals surface area contributed by atoms with Crippen molar-refractivity contribution in [1.82, 2.24) is 9.88 Å². The zero-order valence-corrected chi connectivity index (χ0v) is 17.6. The van der Waals surface area contributed by atoms with Crippen LogP contribution in [-0.4, -0.2) is 47.9 Å². The van der Waals surface area contributed by atoms with Crippen molar-refractivity contribution in [3.63, 3.8) is 0 Å². The Morgan fingerprint density at radius 1 is 0.848 bits per heavy atom. The lowest BCUT2D eigenvalue weighted by atomic mass is 10.2. The average molecular weight is 454 g/mol. The van der Waals surface area contributed by atoms with Crippen molar-refractivity contribution in [2.75, 3.05) is 36.4 Å². The summed E-state index contributed by atoms with van der Waals surface area (Å²) in [6, 6.07) is 12.0. The molecule has 4 rings (SSSR count). The van der Waals surface area contributed by atoms with Gasteiger partial charge in [-0.25, -0.2) is 18.2 Å². The van der Waals surface area contributed by atoms with Crippen molar-refractivity contribution in [3.8, 4) is 0 Å². The summed E-state index contributed by atoms with van der Waals surface area (Å²) in [5.74, 6) is -2.64. The van der Waals surface area contributed by atoms with E-state index in [4.69, 9.17) is 0 Å². The molecule has 1 aromatic heterocycles. The van der Waals surface area contributed by atoms with Crippen LogP contribution in [0.15, 0.2) is 60.8 Å². The highest BCUT2D eigenvalue weighted by Crippen LogP contribution is 2.19. The van der Waals surface area contributed by atoms with Gasteiger partial charge in [-0.3, -0.25) is 9.59 Å². The van der Waals surface area contributed by atoms with E-state index in [2.05, 4.69) is 10.3 Å². The Balaban J connectivity index is 1.38. The Hall–Kier alpha value is -3.88. The van der Waals surface area contributed by atoms with E-state index in [9.17, 15) is 22.8 Å². The van der Waals surface area contributed by atoms with E-state index in [0.29, 0.717) is 50.2 Å². The SMILES string of the molecule is O=C(Nc1ccc(N2CCCN(C(=O)c3ccccc3F)CC2)nc1)c1ccc(F)cc1F. The topological polar surface area (TPSA) is 65.5 Å². The number of nitrogens with one attached hydrogen (secondary N) is 1. The van der Waals surface area contributed by atoms with Gasteiger partial charge in [0.25, 0.3) is 11.8 Å². The van der Waals surface area contributed by atoms with Gasteiger partial charge < -0.3 is 15.1 Å². The molecule has 1 aliphatic rings. The van der Waals surface area contributed by atoms with Gasteiger partial charge in [-0.15, -0.1) is 0 Å². The smallest absolute Gasteiger partial charge is 0.258 e. The Labute approximate surface area is 188 Å². The first-order chi connectivity index (χ1) is 15.9. The second-order valence-electron chi connectivity index (χ2n) is 7.60. The van der Waals surface area contributed by atoms with E-state index < -0.39 is 23.4 Å². The van der Waals surface area contributed by atoms with Crippen molar-refractivity contribution in [2.24, 2.45) is 0 Å². The van der Waals surface area contributed by atoms with Crippen LogP contribution in [0.3, 0.4) is 0 Å². The number of carbonyl (C=O) groups is 2.